The Bertz CT molecular complexity index is 615. The Morgan fingerprint density at radius 1 is 1.24 bits per heavy atom. The summed E-state index contributed by atoms with van der Waals surface area (Å²) in [5, 5.41) is 6.61. The highest BCUT2D eigenvalue weighted by Crippen LogP contribution is 2.52. The minimum absolute atomic E-state index is 0. The van der Waals surface area contributed by atoms with Crippen molar-refractivity contribution in [1.82, 2.24) is 15.5 Å². The molecule has 1 heterocycles. The van der Waals surface area contributed by atoms with Crippen molar-refractivity contribution in [1.29, 1.82) is 0 Å². The molecule has 25 heavy (non-hydrogen) atoms. The number of carbonyl (C=O) groups excluding carboxylic acids is 2. The number of fused-ring (bicyclic) bond motifs is 5. The Kier molecular flexibility index (Phi) is 4.89. The van der Waals surface area contributed by atoms with E-state index in [1.807, 2.05) is 0 Å². The lowest BCUT2D eigenvalue weighted by Crippen LogP contribution is -2.44. The van der Waals surface area contributed by atoms with Crippen LogP contribution in [0.3, 0.4) is 0 Å². The quantitative estimate of drug-likeness (QED) is 0.220. The molecule has 7 heteroatoms. The van der Waals surface area contributed by atoms with Crippen molar-refractivity contribution in [3.8, 4) is 0 Å². The van der Waals surface area contributed by atoms with Gasteiger partial charge in [-0.2, -0.15) is 0 Å². The molecule has 0 aromatic heterocycles. The molecule has 5 unspecified atom stereocenters. The molecule has 1 saturated heterocycles. The average molecular weight is 458 g/mol. The van der Waals surface area contributed by atoms with E-state index < -0.39 is 0 Å². The zero-order valence-electron chi connectivity index (χ0n) is 15.0. The molecule has 2 bridgehead atoms. The van der Waals surface area contributed by atoms with Gasteiger partial charge in [-0.1, -0.05) is 26.0 Å². The van der Waals surface area contributed by atoms with Crippen LogP contribution in [0.2, 0.25) is 0 Å². The molecule has 5 atom stereocenters. The van der Waals surface area contributed by atoms with Crippen LogP contribution in [0.1, 0.15) is 26.7 Å². The number of hydrogen-bond donors (Lipinski definition) is 2. The van der Waals surface area contributed by atoms with E-state index in [-0.39, 0.29) is 59.5 Å². The number of nitrogens with zero attached hydrogens (tertiary/aromatic N) is 2. The minimum Gasteiger partial charge on any atom is -0.355 e. The number of likely N-dealkylation sites (tertiary alicyclic amines) is 1. The van der Waals surface area contributed by atoms with E-state index in [1.54, 1.807) is 7.05 Å². The average Bonchev–Trinajstić information content (AvgIpc) is 2.95. The summed E-state index contributed by atoms with van der Waals surface area (Å²) in [6.07, 6.45) is 6.37. The third kappa shape index (κ3) is 3.08. The van der Waals surface area contributed by atoms with E-state index in [4.69, 9.17) is 0 Å². The van der Waals surface area contributed by atoms with Gasteiger partial charge in [-0.3, -0.25) is 19.5 Å². The summed E-state index contributed by atoms with van der Waals surface area (Å²) < 4.78 is 0. The van der Waals surface area contributed by atoms with Crippen LogP contribution in [-0.4, -0.2) is 48.9 Å². The van der Waals surface area contributed by atoms with Gasteiger partial charge in [-0.15, -0.1) is 24.0 Å². The summed E-state index contributed by atoms with van der Waals surface area (Å²) in [7, 11) is 1.74. The number of rotatable bonds is 4. The third-order valence-corrected chi connectivity index (χ3v) is 6.24. The molecule has 0 spiro atoms. The van der Waals surface area contributed by atoms with Crippen LogP contribution >= 0.6 is 24.0 Å². The van der Waals surface area contributed by atoms with Crippen molar-refractivity contribution < 1.29 is 9.59 Å². The molecular weight excluding hydrogens is 431 g/mol. The molecule has 2 amide bonds. The van der Waals surface area contributed by atoms with Crippen LogP contribution in [0.15, 0.2) is 17.1 Å². The number of carbonyl (C=O) groups is 2. The summed E-state index contributed by atoms with van der Waals surface area (Å²) >= 11 is 0. The van der Waals surface area contributed by atoms with Crippen LogP contribution in [-0.2, 0) is 9.59 Å². The molecule has 2 saturated carbocycles. The van der Waals surface area contributed by atoms with E-state index in [1.165, 1.54) is 4.90 Å². The first-order chi connectivity index (χ1) is 11.4. The van der Waals surface area contributed by atoms with Crippen molar-refractivity contribution in [3.63, 3.8) is 0 Å². The largest absolute Gasteiger partial charge is 0.355 e. The van der Waals surface area contributed by atoms with Crippen LogP contribution in [0.4, 0.5) is 0 Å². The lowest BCUT2D eigenvalue weighted by molar-refractivity contribution is -0.140. The Morgan fingerprint density at radius 3 is 2.28 bits per heavy atom. The number of guanidine groups is 1. The second-order valence-electron chi connectivity index (χ2n) is 8.22. The van der Waals surface area contributed by atoms with Crippen molar-refractivity contribution >= 4 is 41.8 Å². The van der Waals surface area contributed by atoms with Gasteiger partial charge < -0.3 is 10.6 Å². The monoisotopic (exact) mass is 458 g/mol. The zero-order chi connectivity index (χ0) is 17.1. The number of aliphatic imine (C=N–C) groups is 1. The predicted molar refractivity (Wildman–Crippen MR) is 107 cm³/mol. The first-order valence-corrected chi connectivity index (χ1v) is 8.93. The number of nitrogens with one attached hydrogen (secondary N) is 2. The highest BCUT2D eigenvalue weighted by Gasteiger charge is 2.59. The molecule has 4 rings (SSSR count). The summed E-state index contributed by atoms with van der Waals surface area (Å²) in [6.45, 7) is 5.40. The number of halogens is 1. The third-order valence-electron chi connectivity index (χ3n) is 6.24. The Balaban J connectivity index is 0.00000182. The van der Waals surface area contributed by atoms with Gasteiger partial charge in [0.2, 0.25) is 11.8 Å². The topological polar surface area (TPSA) is 73.8 Å². The second-order valence-corrected chi connectivity index (χ2v) is 8.22. The molecule has 0 radical (unpaired) electrons. The number of hydrogen-bond acceptors (Lipinski definition) is 3. The fourth-order valence-electron chi connectivity index (χ4n) is 4.54. The smallest absolute Gasteiger partial charge is 0.233 e. The van der Waals surface area contributed by atoms with Gasteiger partial charge in [-0.25, -0.2) is 0 Å². The van der Waals surface area contributed by atoms with Crippen LogP contribution in [0.5, 0.6) is 0 Å². The molecule has 0 aromatic rings. The second kappa shape index (κ2) is 6.55. The SMILES string of the molecule is CN=C(NCCN1C(=O)C2C3C=CC(C3)C2C1=O)NC1CC1(C)C.I. The summed E-state index contributed by atoms with van der Waals surface area (Å²) in [5.74, 6) is 1.15. The first-order valence-electron chi connectivity index (χ1n) is 8.93. The minimum atomic E-state index is -0.0998. The van der Waals surface area contributed by atoms with E-state index in [0.717, 1.165) is 18.8 Å². The molecule has 4 aliphatic rings. The molecule has 3 aliphatic carbocycles. The maximum absolute atomic E-state index is 12.6. The standard InChI is InChI=1S/C18H26N4O2.HI/c1-18(2)9-12(18)21-17(19-3)20-6-7-22-15(23)13-10-4-5-11(8-10)14(13)16(22)24;/h4-5,10-14H,6-9H2,1-3H3,(H2,19,20,21);1H. The van der Waals surface area contributed by atoms with Gasteiger partial charge >= 0.3 is 0 Å². The van der Waals surface area contributed by atoms with Crippen LogP contribution in [0.25, 0.3) is 0 Å². The van der Waals surface area contributed by atoms with Crippen molar-refractivity contribution in [3.05, 3.63) is 12.2 Å². The van der Waals surface area contributed by atoms with Crippen molar-refractivity contribution in [2.24, 2.45) is 34.1 Å². The summed E-state index contributed by atoms with van der Waals surface area (Å²) in [6, 6.07) is 0.444. The van der Waals surface area contributed by atoms with Crippen LogP contribution in [0, 0.1) is 29.1 Å². The Morgan fingerprint density at radius 2 is 1.80 bits per heavy atom. The lowest BCUT2D eigenvalue weighted by atomic mass is 9.85. The predicted octanol–water partition coefficient (Wildman–Crippen LogP) is 1.37. The van der Waals surface area contributed by atoms with Gasteiger partial charge in [-0.05, 0) is 30.1 Å². The molecule has 0 aromatic carbocycles. The van der Waals surface area contributed by atoms with Gasteiger partial charge in [0, 0.05) is 26.2 Å². The van der Waals surface area contributed by atoms with E-state index in [2.05, 4.69) is 41.6 Å². The highest BCUT2D eigenvalue weighted by atomic mass is 127. The van der Waals surface area contributed by atoms with Crippen LogP contribution < -0.4 is 10.6 Å². The summed E-state index contributed by atoms with van der Waals surface area (Å²) in [4.78, 5) is 30.9. The van der Waals surface area contributed by atoms with Crippen molar-refractivity contribution in [2.75, 3.05) is 20.1 Å². The van der Waals surface area contributed by atoms with E-state index in [9.17, 15) is 9.59 Å². The number of amides is 2. The lowest BCUT2D eigenvalue weighted by Gasteiger charge is -2.19. The molecule has 2 N–H and O–H groups in total. The fourth-order valence-corrected chi connectivity index (χ4v) is 4.54. The fraction of sp³-hybridized carbons (Fsp3) is 0.722. The zero-order valence-corrected chi connectivity index (χ0v) is 17.3. The molecule has 1 aliphatic heterocycles. The van der Waals surface area contributed by atoms with E-state index in [0.29, 0.717) is 24.5 Å². The van der Waals surface area contributed by atoms with Gasteiger partial charge in [0.05, 0.1) is 11.8 Å². The molecule has 3 fully saturated rings. The molecular formula is C18H27IN4O2. The normalized spacial score (nSPS) is 37.2. The molecule has 138 valence electrons. The molecule has 6 nitrogen and oxygen atoms in total. The maximum Gasteiger partial charge on any atom is 0.233 e. The van der Waals surface area contributed by atoms with Gasteiger partial charge in [0.1, 0.15) is 0 Å². The Hall–Kier alpha value is -1.12. The maximum atomic E-state index is 12.6. The van der Waals surface area contributed by atoms with Gasteiger partial charge in [0.25, 0.3) is 0 Å². The van der Waals surface area contributed by atoms with Gasteiger partial charge in [0.15, 0.2) is 5.96 Å². The van der Waals surface area contributed by atoms with Crippen molar-refractivity contribution in [2.45, 2.75) is 32.7 Å². The number of allylic oxidation sites excluding steroid dienone is 2. The highest BCUT2D eigenvalue weighted by molar-refractivity contribution is 14.0. The Labute approximate surface area is 165 Å². The van der Waals surface area contributed by atoms with E-state index >= 15 is 0 Å². The number of imide groups is 1. The first kappa shape index (κ1) is 18.7. The summed E-state index contributed by atoms with van der Waals surface area (Å²) in [5.41, 5.74) is 0.322.